The SMILES string of the molecule is Nc1cc(C(=O)O)cc(F)c1OC(F)(F)F. The molecule has 0 aliphatic heterocycles. The zero-order chi connectivity index (χ0) is 12.5. The Balaban J connectivity index is 3.18. The topological polar surface area (TPSA) is 72.6 Å². The Bertz CT molecular complexity index is 407. The Hall–Kier alpha value is -1.99. The van der Waals surface area contributed by atoms with E-state index in [1.54, 1.807) is 0 Å². The number of carboxylic acid groups (broad SMARTS) is 1. The Morgan fingerprint density at radius 2 is 1.94 bits per heavy atom. The third-order valence-corrected chi connectivity index (χ3v) is 1.54. The predicted molar refractivity (Wildman–Crippen MR) is 44.5 cm³/mol. The van der Waals surface area contributed by atoms with Crippen molar-refractivity contribution in [3.63, 3.8) is 0 Å². The molecule has 16 heavy (non-hydrogen) atoms. The third kappa shape index (κ3) is 2.75. The molecule has 0 aromatic heterocycles. The van der Waals surface area contributed by atoms with E-state index >= 15 is 0 Å². The first-order chi connectivity index (χ1) is 7.20. The maximum Gasteiger partial charge on any atom is 0.573 e. The first kappa shape index (κ1) is 12.1. The van der Waals surface area contributed by atoms with Crippen molar-refractivity contribution >= 4 is 11.7 Å². The van der Waals surface area contributed by atoms with Crippen molar-refractivity contribution in [3.05, 3.63) is 23.5 Å². The van der Waals surface area contributed by atoms with E-state index in [2.05, 4.69) is 4.74 Å². The highest BCUT2D eigenvalue weighted by Crippen LogP contribution is 2.32. The minimum atomic E-state index is -5.10. The molecule has 0 unspecified atom stereocenters. The second-order valence-corrected chi connectivity index (χ2v) is 2.73. The van der Waals surface area contributed by atoms with Crippen LogP contribution in [0.25, 0.3) is 0 Å². The van der Waals surface area contributed by atoms with Gasteiger partial charge in [0, 0.05) is 0 Å². The monoisotopic (exact) mass is 239 g/mol. The molecular weight excluding hydrogens is 234 g/mol. The molecule has 4 nitrogen and oxygen atoms in total. The molecule has 1 aromatic carbocycles. The Kier molecular flexibility index (Phi) is 2.92. The van der Waals surface area contributed by atoms with E-state index in [-0.39, 0.29) is 0 Å². The number of rotatable bonds is 2. The molecule has 0 heterocycles. The fourth-order valence-electron chi connectivity index (χ4n) is 0.962. The molecule has 0 aliphatic carbocycles. The lowest BCUT2D eigenvalue weighted by molar-refractivity contribution is -0.275. The Labute approximate surface area is 86.2 Å². The first-order valence-corrected chi connectivity index (χ1v) is 3.79. The number of aromatic carboxylic acids is 1. The first-order valence-electron chi connectivity index (χ1n) is 3.79. The summed E-state index contributed by atoms with van der Waals surface area (Å²) in [6.45, 7) is 0. The molecular formula is C8H5F4NO3. The minimum Gasteiger partial charge on any atom is -0.478 e. The summed E-state index contributed by atoms with van der Waals surface area (Å²) in [6.07, 6.45) is -5.10. The average Bonchev–Trinajstić information content (AvgIpc) is 2.09. The standard InChI is InChI=1S/C8H5F4NO3/c9-4-1-3(7(14)15)2-5(13)6(4)16-8(10,11)12/h1-2H,13H2,(H,14,15). The maximum atomic E-state index is 13.0. The molecule has 0 fully saturated rings. The number of nitrogens with two attached hydrogens (primary N) is 1. The number of ether oxygens (including phenoxy) is 1. The van der Waals surface area contributed by atoms with Crippen LogP contribution in [0.1, 0.15) is 10.4 Å². The Morgan fingerprint density at radius 1 is 1.38 bits per heavy atom. The molecule has 0 bridgehead atoms. The van der Waals surface area contributed by atoms with Crippen LogP contribution >= 0.6 is 0 Å². The lowest BCUT2D eigenvalue weighted by Gasteiger charge is -2.12. The second-order valence-electron chi connectivity index (χ2n) is 2.73. The summed E-state index contributed by atoms with van der Waals surface area (Å²) < 4.78 is 51.7. The van der Waals surface area contributed by atoms with Gasteiger partial charge in [-0.1, -0.05) is 0 Å². The van der Waals surface area contributed by atoms with Gasteiger partial charge in [-0.15, -0.1) is 13.2 Å². The van der Waals surface area contributed by atoms with E-state index in [4.69, 9.17) is 10.8 Å². The molecule has 1 rings (SSSR count). The van der Waals surface area contributed by atoms with E-state index < -0.39 is 35.1 Å². The number of nitrogen functional groups attached to an aromatic ring is 1. The summed E-state index contributed by atoms with van der Waals surface area (Å²) in [6, 6.07) is 1.06. The molecule has 0 amide bonds. The largest absolute Gasteiger partial charge is 0.573 e. The van der Waals surface area contributed by atoms with Gasteiger partial charge < -0.3 is 15.6 Å². The molecule has 0 spiro atoms. The molecule has 0 saturated carbocycles. The van der Waals surface area contributed by atoms with Gasteiger partial charge in [-0.05, 0) is 12.1 Å². The van der Waals surface area contributed by atoms with Crippen LogP contribution in [0.5, 0.6) is 5.75 Å². The van der Waals surface area contributed by atoms with Crippen LogP contribution in [0, 0.1) is 5.82 Å². The van der Waals surface area contributed by atoms with Crippen LogP contribution in [0.15, 0.2) is 12.1 Å². The Morgan fingerprint density at radius 3 is 2.31 bits per heavy atom. The van der Waals surface area contributed by atoms with Crippen molar-refractivity contribution in [2.24, 2.45) is 0 Å². The number of hydrogen-bond donors (Lipinski definition) is 2. The van der Waals surface area contributed by atoms with E-state index in [1.165, 1.54) is 0 Å². The highest BCUT2D eigenvalue weighted by atomic mass is 19.4. The predicted octanol–water partition coefficient (Wildman–Crippen LogP) is 2.00. The maximum absolute atomic E-state index is 13.0. The summed E-state index contributed by atoms with van der Waals surface area (Å²) in [4.78, 5) is 10.4. The van der Waals surface area contributed by atoms with Gasteiger partial charge >= 0.3 is 12.3 Å². The number of hydrogen-bond acceptors (Lipinski definition) is 3. The van der Waals surface area contributed by atoms with Crippen LogP contribution in [0.2, 0.25) is 0 Å². The summed E-state index contributed by atoms with van der Waals surface area (Å²) in [5, 5.41) is 8.47. The second kappa shape index (κ2) is 3.87. The zero-order valence-electron chi connectivity index (χ0n) is 7.51. The van der Waals surface area contributed by atoms with Crippen molar-refractivity contribution in [2.45, 2.75) is 6.36 Å². The van der Waals surface area contributed by atoms with E-state index in [9.17, 15) is 22.4 Å². The summed E-state index contributed by atoms with van der Waals surface area (Å²) in [7, 11) is 0. The van der Waals surface area contributed by atoms with Crippen LogP contribution in [0.4, 0.5) is 23.2 Å². The van der Waals surface area contributed by atoms with E-state index in [0.717, 1.165) is 0 Å². The lowest BCUT2D eigenvalue weighted by atomic mass is 10.2. The normalized spacial score (nSPS) is 11.2. The van der Waals surface area contributed by atoms with Crippen LogP contribution in [-0.4, -0.2) is 17.4 Å². The van der Waals surface area contributed by atoms with Gasteiger partial charge in [-0.25, -0.2) is 9.18 Å². The average molecular weight is 239 g/mol. The number of halogens is 4. The van der Waals surface area contributed by atoms with Gasteiger partial charge in [0.1, 0.15) is 0 Å². The third-order valence-electron chi connectivity index (χ3n) is 1.54. The van der Waals surface area contributed by atoms with Crippen molar-refractivity contribution in [1.29, 1.82) is 0 Å². The molecule has 88 valence electrons. The molecule has 3 N–H and O–H groups in total. The van der Waals surface area contributed by atoms with Crippen LogP contribution < -0.4 is 10.5 Å². The molecule has 8 heteroatoms. The summed E-state index contributed by atoms with van der Waals surface area (Å²) in [5.41, 5.74) is 3.73. The van der Waals surface area contributed by atoms with Gasteiger partial charge in [0.2, 0.25) is 0 Å². The van der Waals surface area contributed by atoms with Crippen LogP contribution in [0.3, 0.4) is 0 Å². The van der Waals surface area contributed by atoms with Gasteiger partial charge in [0.25, 0.3) is 0 Å². The number of carboxylic acids is 1. The van der Waals surface area contributed by atoms with Gasteiger partial charge in [-0.2, -0.15) is 0 Å². The number of anilines is 1. The zero-order valence-corrected chi connectivity index (χ0v) is 7.51. The van der Waals surface area contributed by atoms with Crippen LogP contribution in [-0.2, 0) is 0 Å². The van der Waals surface area contributed by atoms with E-state index in [1.807, 2.05) is 0 Å². The number of alkyl halides is 3. The fraction of sp³-hybridized carbons (Fsp3) is 0.125. The highest BCUT2D eigenvalue weighted by molar-refractivity contribution is 5.89. The summed E-state index contributed by atoms with van der Waals surface area (Å²) >= 11 is 0. The van der Waals surface area contributed by atoms with Gasteiger partial charge in [-0.3, -0.25) is 0 Å². The lowest BCUT2D eigenvalue weighted by Crippen LogP contribution is -2.19. The fourth-order valence-corrected chi connectivity index (χ4v) is 0.962. The molecule has 0 aliphatic rings. The molecule has 0 saturated heterocycles. The van der Waals surface area contributed by atoms with Crippen molar-refractivity contribution in [2.75, 3.05) is 5.73 Å². The highest BCUT2D eigenvalue weighted by Gasteiger charge is 2.33. The quantitative estimate of drug-likeness (QED) is 0.611. The van der Waals surface area contributed by atoms with Crippen molar-refractivity contribution in [3.8, 4) is 5.75 Å². The van der Waals surface area contributed by atoms with Crippen molar-refractivity contribution in [1.82, 2.24) is 0 Å². The van der Waals surface area contributed by atoms with Gasteiger partial charge in [0.15, 0.2) is 11.6 Å². The minimum absolute atomic E-state index is 0.389. The smallest absolute Gasteiger partial charge is 0.478 e. The number of benzene rings is 1. The molecule has 1 aromatic rings. The summed E-state index contributed by atoms with van der Waals surface area (Å²) in [5.74, 6) is -4.24. The number of carbonyl (C=O) groups is 1. The van der Waals surface area contributed by atoms with Crippen molar-refractivity contribution < 1.29 is 32.2 Å². The van der Waals surface area contributed by atoms with Gasteiger partial charge in [0.05, 0.1) is 11.3 Å². The molecule has 0 atom stereocenters. The van der Waals surface area contributed by atoms with E-state index in [0.29, 0.717) is 12.1 Å². The molecule has 0 radical (unpaired) electrons.